The molecule has 5 N–H and O–H groups in total. The fraction of sp³-hybridized carbons (Fsp3) is 0.619. The molecule has 14 nitrogen and oxygen atoms in total. The van der Waals surface area contributed by atoms with Crippen LogP contribution in [0.1, 0.15) is 125 Å². The van der Waals surface area contributed by atoms with Crippen molar-refractivity contribution in [3.63, 3.8) is 0 Å². The van der Waals surface area contributed by atoms with Crippen molar-refractivity contribution in [2.45, 2.75) is 139 Å². The number of rotatable bonds is 14. The van der Waals surface area contributed by atoms with Crippen molar-refractivity contribution in [3.8, 4) is 0 Å². The first kappa shape index (κ1) is 46.2. The van der Waals surface area contributed by atoms with Crippen molar-refractivity contribution in [2.75, 3.05) is 18.1 Å². The molecule has 1 unspecified atom stereocenters. The molecule has 2 saturated heterocycles. The molecule has 2 aliphatic heterocycles. The van der Waals surface area contributed by atoms with E-state index in [2.05, 4.69) is 25.7 Å². The van der Waals surface area contributed by atoms with Crippen molar-refractivity contribution in [1.82, 2.24) is 30.6 Å². The molecule has 3 heterocycles. The molecule has 2 aromatic rings. The van der Waals surface area contributed by atoms with Gasteiger partial charge in [-0.3, -0.25) is 28.8 Å². The second-order valence-corrected chi connectivity index (χ2v) is 22.0. The highest BCUT2D eigenvalue weighted by molar-refractivity contribution is 8.18. The maximum Gasteiger partial charge on any atom is 0.269 e. The summed E-state index contributed by atoms with van der Waals surface area (Å²) in [5, 5.41) is 8.74. The molecular formula is C42H60N6O8S3. The van der Waals surface area contributed by atoms with Crippen LogP contribution >= 0.6 is 23.5 Å². The third-order valence-corrected chi connectivity index (χ3v) is 16.3. The molecule has 1 spiro atoms. The summed E-state index contributed by atoms with van der Waals surface area (Å²) in [5.74, 6) is -1.85. The van der Waals surface area contributed by atoms with Crippen LogP contribution < -0.4 is 20.7 Å². The number of nitrogens with one attached hydrogen (secondary N) is 5. The molecular weight excluding hydrogens is 813 g/mol. The summed E-state index contributed by atoms with van der Waals surface area (Å²) in [5.41, 5.74) is 0.856. The van der Waals surface area contributed by atoms with Crippen LogP contribution in [0.25, 0.3) is 0 Å². The number of sulfonamides is 1. The van der Waals surface area contributed by atoms with Gasteiger partial charge in [0.1, 0.15) is 29.9 Å². The van der Waals surface area contributed by atoms with E-state index in [1.807, 2.05) is 27.7 Å². The van der Waals surface area contributed by atoms with Gasteiger partial charge in [-0.25, -0.2) is 13.1 Å². The van der Waals surface area contributed by atoms with Crippen molar-refractivity contribution in [2.24, 2.45) is 11.3 Å². The lowest BCUT2D eigenvalue weighted by Crippen LogP contribution is -2.62. The lowest BCUT2D eigenvalue weighted by atomic mass is 9.82. The van der Waals surface area contributed by atoms with Gasteiger partial charge in [0.15, 0.2) is 5.78 Å². The average molecular weight is 873 g/mol. The van der Waals surface area contributed by atoms with E-state index in [9.17, 15) is 37.2 Å². The number of aryl methyl sites for hydroxylation is 1. The Labute approximate surface area is 356 Å². The van der Waals surface area contributed by atoms with Gasteiger partial charge in [0.2, 0.25) is 17.7 Å². The van der Waals surface area contributed by atoms with E-state index < -0.39 is 73.2 Å². The van der Waals surface area contributed by atoms with Gasteiger partial charge in [-0.05, 0) is 87.0 Å². The van der Waals surface area contributed by atoms with Gasteiger partial charge < -0.3 is 25.8 Å². The standard InChI is InChI=1S/C42H60N6O8S3/c1-8-16-30(36(50)47-59(55,56)29-19-13-10-14-20-29)44-37(51)31-23-42(57-21-15-22-58-42)24-48(31)40(54)35(41(5,6)7)46-38(52)33(28-17-11-9-12-18-28)45-39(53)34-32(27(4)49)25(2)26(3)43-34/h10,13-14,19-20,28,30-31,33,35,43H,8-9,11-12,15-18,21-24H2,1-7H3,(H,44,51)(H,45,53)(H,46,52)(H,47,50)/t30-,31-,33?,35+/m0/s1. The first-order valence-electron chi connectivity index (χ1n) is 20.6. The molecule has 1 aliphatic carbocycles. The fourth-order valence-corrected chi connectivity index (χ4v) is 12.7. The number of H-pyrrole nitrogens is 1. The van der Waals surface area contributed by atoms with Gasteiger partial charge in [-0.15, -0.1) is 23.5 Å². The third-order valence-electron chi connectivity index (χ3n) is 11.6. The predicted molar refractivity (Wildman–Crippen MR) is 230 cm³/mol. The van der Waals surface area contributed by atoms with Gasteiger partial charge >= 0.3 is 0 Å². The van der Waals surface area contributed by atoms with Crippen LogP contribution in [0.15, 0.2) is 35.2 Å². The molecule has 0 bridgehead atoms. The maximum absolute atomic E-state index is 15.0. The van der Waals surface area contributed by atoms with Gasteiger partial charge in [-0.1, -0.05) is 71.6 Å². The molecule has 3 fully saturated rings. The number of hydrogen-bond donors (Lipinski definition) is 5. The van der Waals surface area contributed by atoms with Gasteiger partial charge in [0.25, 0.3) is 21.8 Å². The molecule has 17 heteroatoms. The van der Waals surface area contributed by atoms with E-state index in [1.54, 1.807) is 55.6 Å². The molecule has 5 amide bonds. The van der Waals surface area contributed by atoms with Crippen LogP contribution in [0.5, 0.6) is 0 Å². The number of amides is 5. The lowest BCUT2D eigenvalue weighted by Gasteiger charge is -2.38. The summed E-state index contributed by atoms with van der Waals surface area (Å²) < 4.78 is 27.7. The number of likely N-dealkylation sites (tertiary alicyclic amines) is 1. The number of carbonyl (C=O) groups excluding carboxylic acids is 6. The van der Waals surface area contributed by atoms with Crippen molar-refractivity contribution < 1.29 is 37.2 Å². The van der Waals surface area contributed by atoms with Crippen LogP contribution in [0.2, 0.25) is 0 Å². The van der Waals surface area contributed by atoms with E-state index in [0.717, 1.165) is 37.2 Å². The highest BCUT2D eigenvalue weighted by Crippen LogP contribution is 2.50. The first-order valence-corrected chi connectivity index (χ1v) is 24.1. The molecule has 4 atom stereocenters. The smallest absolute Gasteiger partial charge is 0.269 e. The minimum atomic E-state index is -4.21. The van der Waals surface area contributed by atoms with Crippen molar-refractivity contribution >= 4 is 68.9 Å². The Kier molecular flexibility index (Phi) is 15.1. The number of benzene rings is 1. The monoisotopic (exact) mass is 872 g/mol. The Morgan fingerprint density at radius 2 is 1.56 bits per heavy atom. The summed E-state index contributed by atoms with van der Waals surface area (Å²) in [6, 6.07) is 3.16. The summed E-state index contributed by atoms with van der Waals surface area (Å²) >= 11 is 3.38. The average Bonchev–Trinajstić information content (AvgIpc) is 3.71. The number of nitrogens with zero attached hydrogens (tertiary/aromatic N) is 1. The number of carbonyl (C=O) groups is 6. The maximum atomic E-state index is 15.0. The van der Waals surface area contributed by atoms with Crippen molar-refractivity contribution in [1.29, 1.82) is 0 Å². The Morgan fingerprint density at radius 3 is 2.15 bits per heavy atom. The van der Waals surface area contributed by atoms with Gasteiger partial charge in [0.05, 0.1) is 14.5 Å². The molecule has 5 rings (SSSR count). The quantitative estimate of drug-likeness (QED) is 0.161. The predicted octanol–water partition coefficient (Wildman–Crippen LogP) is 5.00. The first-order chi connectivity index (χ1) is 27.8. The Hall–Kier alpha value is -3.83. The van der Waals surface area contributed by atoms with Gasteiger partial charge in [0, 0.05) is 18.7 Å². The molecule has 59 heavy (non-hydrogen) atoms. The second kappa shape index (κ2) is 19.3. The zero-order valence-corrected chi connectivity index (χ0v) is 37.6. The molecule has 0 radical (unpaired) electrons. The molecule has 324 valence electrons. The fourth-order valence-electron chi connectivity index (χ4n) is 8.27. The van der Waals surface area contributed by atoms with E-state index >= 15 is 0 Å². The van der Waals surface area contributed by atoms with E-state index in [0.29, 0.717) is 36.9 Å². The minimum Gasteiger partial charge on any atom is -0.354 e. The highest BCUT2D eigenvalue weighted by atomic mass is 32.2. The Bertz CT molecular complexity index is 2000. The normalized spacial score (nSPS) is 20.0. The summed E-state index contributed by atoms with van der Waals surface area (Å²) in [7, 11) is -4.21. The van der Waals surface area contributed by atoms with E-state index in [4.69, 9.17) is 0 Å². The number of ketones is 1. The zero-order chi connectivity index (χ0) is 43.3. The largest absolute Gasteiger partial charge is 0.354 e. The summed E-state index contributed by atoms with van der Waals surface area (Å²) in [6.07, 6.45) is 6.03. The molecule has 1 saturated carbocycles. The SMILES string of the molecule is CCC[C@H](NC(=O)[C@@H]1CC2(CN1C(=O)[C@@H](NC(=O)C(NC(=O)c1[nH]c(C)c(C)c1C(C)=O)C1CCCCC1)C(C)(C)C)SCCCS2)C(=O)NS(=O)(=O)c1ccccc1. The lowest BCUT2D eigenvalue weighted by molar-refractivity contribution is -0.144. The molecule has 3 aliphatic rings. The highest BCUT2D eigenvalue weighted by Gasteiger charge is 2.53. The van der Waals surface area contributed by atoms with E-state index in [-0.39, 0.29) is 40.8 Å². The minimum absolute atomic E-state index is 0.0911. The van der Waals surface area contributed by atoms with Crippen LogP contribution in [-0.2, 0) is 29.2 Å². The van der Waals surface area contributed by atoms with E-state index in [1.165, 1.54) is 24.0 Å². The van der Waals surface area contributed by atoms with Crippen LogP contribution in [0.4, 0.5) is 0 Å². The number of thioether (sulfide) groups is 2. The van der Waals surface area contributed by atoms with Crippen LogP contribution in [-0.4, -0.2) is 99.9 Å². The van der Waals surface area contributed by atoms with Gasteiger partial charge in [-0.2, -0.15) is 0 Å². The number of aromatic nitrogens is 1. The molecule has 1 aromatic carbocycles. The Balaban J connectivity index is 1.41. The summed E-state index contributed by atoms with van der Waals surface area (Å²) in [6.45, 7) is 12.5. The van der Waals surface area contributed by atoms with Crippen LogP contribution in [0, 0.1) is 25.2 Å². The topological polar surface area (TPSA) is 204 Å². The third kappa shape index (κ3) is 10.9. The summed E-state index contributed by atoms with van der Waals surface area (Å²) in [4.78, 5) is 88.3. The number of hydrogen-bond acceptors (Lipinski definition) is 10. The van der Waals surface area contributed by atoms with Crippen LogP contribution in [0.3, 0.4) is 0 Å². The molecule has 1 aromatic heterocycles. The Morgan fingerprint density at radius 1 is 0.915 bits per heavy atom. The zero-order valence-electron chi connectivity index (χ0n) is 35.2. The number of aromatic amines is 1. The van der Waals surface area contributed by atoms with Crippen molar-refractivity contribution in [3.05, 3.63) is 52.8 Å². The second-order valence-electron chi connectivity index (χ2n) is 17.1. The number of Topliss-reactive ketones (excluding diaryl/α,β-unsaturated/α-hetero) is 1.